The molecule has 0 spiro atoms. The van der Waals surface area contributed by atoms with Gasteiger partial charge in [-0.1, -0.05) is 9.24 Å². The molecule has 1 nitrogen and oxygen atoms in total. The first-order valence-corrected chi connectivity index (χ1v) is 3.91. The molecule has 2 N–H and O–H groups in total. The molecule has 0 heterocycles. The van der Waals surface area contributed by atoms with Crippen molar-refractivity contribution < 1.29 is 4.39 Å². The zero-order valence-corrected chi connectivity index (χ0v) is 6.59. The highest BCUT2D eigenvalue weighted by atomic mass is 31.0. The van der Waals surface area contributed by atoms with Gasteiger partial charge < -0.3 is 5.73 Å². The minimum Gasteiger partial charge on any atom is -0.328 e. The molecule has 1 fully saturated rings. The average Bonchev–Trinajstić information content (AvgIpc) is 1.60. The predicted molar refractivity (Wildman–Crippen MR) is 40.0 cm³/mol. The normalized spacial score (nSPS) is 45.0. The van der Waals surface area contributed by atoms with Crippen LogP contribution in [0.25, 0.3) is 0 Å². The Morgan fingerprint density at radius 2 is 2.33 bits per heavy atom. The van der Waals surface area contributed by atoms with Crippen molar-refractivity contribution in [1.82, 2.24) is 0 Å². The van der Waals surface area contributed by atoms with Crippen LogP contribution in [-0.2, 0) is 0 Å². The van der Waals surface area contributed by atoms with Gasteiger partial charge in [-0.2, -0.15) is 0 Å². The average molecular weight is 149 g/mol. The van der Waals surface area contributed by atoms with Crippen LogP contribution in [0.4, 0.5) is 4.39 Å². The molecule has 0 amide bonds. The van der Waals surface area contributed by atoms with Gasteiger partial charge >= 0.3 is 0 Å². The zero-order chi connectivity index (χ0) is 6.91. The number of hydrogen-bond acceptors (Lipinski definition) is 1. The van der Waals surface area contributed by atoms with Gasteiger partial charge in [0.1, 0.15) is 5.41 Å². The van der Waals surface area contributed by atoms with Crippen molar-refractivity contribution in [2.24, 2.45) is 5.73 Å². The first kappa shape index (κ1) is 7.43. The van der Waals surface area contributed by atoms with Crippen LogP contribution in [-0.4, -0.2) is 11.5 Å². The zero-order valence-electron chi connectivity index (χ0n) is 5.44. The van der Waals surface area contributed by atoms with Gasteiger partial charge in [-0.3, -0.25) is 0 Å². The SMILES string of the molecule is NC1CCCC(F)(P)C1. The lowest BCUT2D eigenvalue weighted by atomic mass is 9.94. The van der Waals surface area contributed by atoms with Crippen LogP contribution in [0.2, 0.25) is 0 Å². The Balaban J connectivity index is 2.41. The fraction of sp³-hybridized carbons (Fsp3) is 1.00. The van der Waals surface area contributed by atoms with E-state index >= 15 is 0 Å². The lowest BCUT2D eigenvalue weighted by Crippen LogP contribution is -2.33. The summed E-state index contributed by atoms with van der Waals surface area (Å²) in [6, 6.07) is 0.0845. The molecule has 1 saturated carbocycles. The van der Waals surface area contributed by atoms with Crippen molar-refractivity contribution in [3.8, 4) is 0 Å². The number of rotatable bonds is 0. The lowest BCUT2D eigenvalue weighted by Gasteiger charge is -2.29. The van der Waals surface area contributed by atoms with Crippen LogP contribution in [0.15, 0.2) is 0 Å². The Labute approximate surface area is 57.4 Å². The maximum Gasteiger partial charge on any atom is 0.125 e. The number of hydrogen-bond donors (Lipinski definition) is 1. The van der Waals surface area contributed by atoms with Gasteiger partial charge in [-0.15, -0.1) is 0 Å². The summed E-state index contributed by atoms with van der Waals surface area (Å²) in [4.78, 5) is 0. The molecule has 3 unspecified atom stereocenters. The molecule has 0 aromatic heterocycles. The Morgan fingerprint density at radius 3 is 2.67 bits per heavy atom. The minimum atomic E-state index is -1.06. The molecule has 3 atom stereocenters. The summed E-state index contributed by atoms with van der Waals surface area (Å²) in [5.41, 5.74) is 5.56. The Kier molecular flexibility index (Phi) is 2.07. The second kappa shape index (κ2) is 2.51. The molecule has 0 bridgehead atoms. The number of nitrogens with two attached hydrogens (primary N) is 1. The summed E-state index contributed by atoms with van der Waals surface area (Å²) in [6.45, 7) is 0. The van der Waals surface area contributed by atoms with Crippen LogP contribution in [0.5, 0.6) is 0 Å². The summed E-state index contributed by atoms with van der Waals surface area (Å²) in [6.07, 6.45) is 3.09. The smallest absolute Gasteiger partial charge is 0.125 e. The quantitative estimate of drug-likeness (QED) is 0.518. The van der Waals surface area contributed by atoms with E-state index in [4.69, 9.17) is 5.73 Å². The first-order chi connectivity index (χ1) is 4.10. The molecule has 9 heavy (non-hydrogen) atoms. The van der Waals surface area contributed by atoms with Crippen molar-refractivity contribution in [3.05, 3.63) is 0 Å². The van der Waals surface area contributed by atoms with Crippen LogP contribution in [0.3, 0.4) is 0 Å². The van der Waals surface area contributed by atoms with E-state index in [0.717, 1.165) is 12.8 Å². The third kappa shape index (κ3) is 2.19. The van der Waals surface area contributed by atoms with Crippen molar-refractivity contribution in [2.45, 2.75) is 37.1 Å². The molecule has 54 valence electrons. The molecular weight excluding hydrogens is 136 g/mol. The van der Waals surface area contributed by atoms with E-state index in [1.165, 1.54) is 0 Å². The monoisotopic (exact) mass is 149 g/mol. The summed E-state index contributed by atoms with van der Waals surface area (Å²) < 4.78 is 13.0. The maximum absolute atomic E-state index is 13.0. The van der Waals surface area contributed by atoms with Crippen molar-refractivity contribution >= 4 is 9.24 Å². The highest BCUT2D eigenvalue weighted by molar-refractivity contribution is 7.18. The van der Waals surface area contributed by atoms with Crippen molar-refractivity contribution in [2.75, 3.05) is 0 Å². The minimum absolute atomic E-state index is 0.0845. The second-order valence-electron chi connectivity index (χ2n) is 2.89. The Morgan fingerprint density at radius 1 is 1.67 bits per heavy atom. The highest BCUT2D eigenvalue weighted by Gasteiger charge is 2.29. The summed E-state index contributed by atoms with van der Waals surface area (Å²) in [7, 11) is 2.24. The van der Waals surface area contributed by atoms with Gasteiger partial charge in [0.05, 0.1) is 0 Å². The molecule has 0 radical (unpaired) electrons. The molecule has 3 heteroatoms. The van der Waals surface area contributed by atoms with Crippen molar-refractivity contribution in [3.63, 3.8) is 0 Å². The van der Waals surface area contributed by atoms with E-state index in [1.54, 1.807) is 0 Å². The molecule has 0 saturated heterocycles. The number of halogens is 1. The maximum atomic E-state index is 13.0. The highest BCUT2D eigenvalue weighted by Crippen LogP contribution is 2.36. The largest absolute Gasteiger partial charge is 0.328 e. The fourth-order valence-corrected chi connectivity index (χ4v) is 1.80. The third-order valence-electron chi connectivity index (χ3n) is 1.77. The van der Waals surface area contributed by atoms with Gasteiger partial charge in [0.2, 0.25) is 0 Å². The summed E-state index contributed by atoms with van der Waals surface area (Å²) >= 11 is 0. The van der Waals surface area contributed by atoms with E-state index in [-0.39, 0.29) is 6.04 Å². The first-order valence-electron chi connectivity index (χ1n) is 3.33. The fourth-order valence-electron chi connectivity index (χ4n) is 1.30. The van der Waals surface area contributed by atoms with Crippen LogP contribution in [0.1, 0.15) is 25.7 Å². The van der Waals surface area contributed by atoms with E-state index < -0.39 is 5.41 Å². The topological polar surface area (TPSA) is 26.0 Å². The van der Waals surface area contributed by atoms with Gasteiger partial charge in [0, 0.05) is 6.04 Å². The molecule has 0 aliphatic heterocycles. The van der Waals surface area contributed by atoms with E-state index in [0.29, 0.717) is 12.8 Å². The Bertz CT molecular complexity index is 105. The summed E-state index contributed by atoms with van der Waals surface area (Å²) in [5.74, 6) is 0. The van der Waals surface area contributed by atoms with Gasteiger partial charge in [-0.25, -0.2) is 4.39 Å². The van der Waals surface area contributed by atoms with E-state index in [9.17, 15) is 4.39 Å². The van der Waals surface area contributed by atoms with Gasteiger partial charge in [0.25, 0.3) is 0 Å². The van der Waals surface area contributed by atoms with Gasteiger partial charge in [-0.05, 0) is 25.7 Å². The van der Waals surface area contributed by atoms with Gasteiger partial charge in [0.15, 0.2) is 0 Å². The van der Waals surface area contributed by atoms with Crippen molar-refractivity contribution in [1.29, 1.82) is 0 Å². The predicted octanol–water partition coefficient (Wildman–Crippen LogP) is 1.43. The molecular formula is C6H13FNP. The standard InChI is InChI=1S/C6H13FNP/c7-6(9)3-1-2-5(8)4-6/h5H,1-4,8-9H2. The van der Waals surface area contributed by atoms with Crippen LogP contribution in [0, 0.1) is 0 Å². The molecule has 0 aromatic carbocycles. The van der Waals surface area contributed by atoms with E-state index in [1.807, 2.05) is 0 Å². The molecule has 1 rings (SSSR count). The van der Waals surface area contributed by atoms with Crippen LogP contribution >= 0.6 is 9.24 Å². The Hall–Kier alpha value is 0.320. The molecule has 0 aromatic rings. The summed E-state index contributed by atoms with van der Waals surface area (Å²) in [5, 5.41) is -1.06. The number of alkyl halides is 1. The molecule has 1 aliphatic rings. The third-order valence-corrected chi connectivity index (χ3v) is 2.29. The molecule has 1 aliphatic carbocycles. The van der Waals surface area contributed by atoms with E-state index in [2.05, 4.69) is 9.24 Å². The second-order valence-corrected chi connectivity index (χ2v) is 3.93. The van der Waals surface area contributed by atoms with Crippen LogP contribution < -0.4 is 5.73 Å². The lowest BCUT2D eigenvalue weighted by molar-refractivity contribution is 0.195.